The number of hydrogen-bond acceptors (Lipinski definition) is 5. The van der Waals surface area contributed by atoms with E-state index in [1.165, 1.54) is 0 Å². The van der Waals surface area contributed by atoms with E-state index in [2.05, 4.69) is 4.90 Å². The number of carbonyl (C=O) groups excluding carboxylic acids is 2. The summed E-state index contributed by atoms with van der Waals surface area (Å²) in [7, 11) is 0. The lowest BCUT2D eigenvalue weighted by Crippen LogP contribution is -2.52. The van der Waals surface area contributed by atoms with Crippen molar-refractivity contribution in [2.75, 3.05) is 39.3 Å². The number of esters is 1. The predicted molar refractivity (Wildman–Crippen MR) is 82.8 cm³/mol. The first kappa shape index (κ1) is 15.4. The molecule has 1 saturated carbocycles. The Morgan fingerprint density at radius 2 is 1.96 bits per heavy atom. The van der Waals surface area contributed by atoms with Gasteiger partial charge in [0.05, 0.1) is 5.41 Å². The quantitative estimate of drug-likeness (QED) is 0.719. The monoisotopic (exact) mass is 322 g/mol. The largest absolute Gasteiger partial charge is 0.461 e. The zero-order valence-electron chi connectivity index (χ0n) is 13.7. The van der Waals surface area contributed by atoms with Crippen LogP contribution < -0.4 is 0 Å². The van der Waals surface area contributed by atoms with Crippen molar-refractivity contribution in [3.8, 4) is 0 Å². The second-order valence-electron chi connectivity index (χ2n) is 7.49. The molecular formula is C17H26N2O4. The number of piperazine rings is 1. The Kier molecular flexibility index (Phi) is 4.05. The number of nitrogens with zero attached hydrogens (tertiary/aromatic N) is 2. The van der Waals surface area contributed by atoms with Gasteiger partial charge in [0.2, 0.25) is 0 Å². The average Bonchev–Trinajstić information content (AvgIpc) is 3.14. The van der Waals surface area contributed by atoms with E-state index in [1.807, 2.05) is 4.90 Å². The fraction of sp³-hybridized carbons (Fsp3) is 0.882. The topological polar surface area (TPSA) is 59.1 Å². The van der Waals surface area contributed by atoms with Crippen molar-refractivity contribution in [3.63, 3.8) is 0 Å². The summed E-state index contributed by atoms with van der Waals surface area (Å²) in [5.41, 5.74) is -0.137. The van der Waals surface area contributed by atoms with E-state index in [-0.39, 0.29) is 29.5 Å². The zero-order valence-corrected chi connectivity index (χ0v) is 13.7. The number of rotatable bonds is 3. The van der Waals surface area contributed by atoms with E-state index in [0.29, 0.717) is 6.61 Å². The maximum atomic E-state index is 12.3. The lowest BCUT2D eigenvalue weighted by Gasteiger charge is -2.37. The Bertz CT molecular complexity index is 477. The minimum atomic E-state index is -0.212. The summed E-state index contributed by atoms with van der Waals surface area (Å²) in [4.78, 5) is 28.6. The number of amides is 1. The van der Waals surface area contributed by atoms with E-state index in [4.69, 9.17) is 9.47 Å². The van der Waals surface area contributed by atoms with Gasteiger partial charge in [-0.1, -0.05) is 6.42 Å². The standard InChI is InChI=1S/C17H26N2O4/c20-15(14-3-1-10-22-14)19-8-6-18(7-9-19)12-13-11-17(4-2-5-17)16(21)23-13/h13-14H,1-12H2/t13-,14-/m1/s1. The summed E-state index contributed by atoms with van der Waals surface area (Å²) in [6.45, 7) is 4.76. The Morgan fingerprint density at radius 1 is 1.17 bits per heavy atom. The van der Waals surface area contributed by atoms with Gasteiger partial charge in [-0.25, -0.2) is 0 Å². The van der Waals surface area contributed by atoms with Crippen molar-refractivity contribution < 1.29 is 19.1 Å². The van der Waals surface area contributed by atoms with Crippen molar-refractivity contribution >= 4 is 11.9 Å². The van der Waals surface area contributed by atoms with Crippen LogP contribution in [0.5, 0.6) is 0 Å². The van der Waals surface area contributed by atoms with Crippen molar-refractivity contribution in [3.05, 3.63) is 0 Å². The van der Waals surface area contributed by atoms with Gasteiger partial charge in [-0.3, -0.25) is 14.5 Å². The molecule has 23 heavy (non-hydrogen) atoms. The van der Waals surface area contributed by atoms with E-state index in [1.54, 1.807) is 0 Å². The third-order valence-electron chi connectivity index (χ3n) is 5.99. The Hall–Kier alpha value is -1.14. The normalized spacial score (nSPS) is 33.7. The molecule has 3 saturated heterocycles. The van der Waals surface area contributed by atoms with E-state index in [0.717, 1.165) is 71.2 Å². The Labute approximate surface area is 137 Å². The molecule has 0 bridgehead atoms. The molecule has 0 aromatic heterocycles. The summed E-state index contributed by atoms with van der Waals surface area (Å²) in [6, 6.07) is 0. The molecule has 128 valence electrons. The van der Waals surface area contributed by atoms with Gasteiger partial charge in [-0.15, -0.1) is 0 Å². The molecule has 6 nitrogen and oxygen atoms in total. The molecule has 4 rings (SSSR count). The molecule has 0 radical (unpaired) electrons. The molecule has 1 spiro atoms. The SMILES string of the molecule is O=C([C@H]1CCCO1)N1CCN(C[C@H]2CC3(CCC3)C(=O)O2)CC1. The molecule has 0 unspecified atom stereocenters. The van der Waals surface area contributed by atoms with Crippen LogP contribution in [0.25, 0.3) is 0 Å². The van der Waals surface area contributed by atoms with Crippen molar-refractivity contribution in [1.82, 2.24) is 9.80 Å². The summed E-state index contributed by atoms with van der Waals surface area (Å²) in [6.07, 6.45) is 5.74. The molecule has 1 amide bonds. The molecule has 1 aliphatic carbocycles. The number of ether oxygens (including phenoxy) is 2. The molecule has 3 heterocycles. The van der Waals surface area contributed by atoms with Gasteiger partial charge in [-0.2, -0.15) is 0 Å². The maximum absolute atomic E-state index is 12.3. The Morgan fingerprint density at radius 3 is 2.52 bits per heavy atom. The van der Waals surface area contributed by atoms with Crippen LogP contribution in [0.4, 0.5) is 0 Å². The van der Waals surface area contributed by atoms with Crippen LogP contribution in [0.1, 0.15) is 38.5 Å². The van der Waals surface area contributed by atoms with Crippen LogP contribution in [0.2, 0.25) is 0 Å². The highest BCUT2D eigenvalue weighted by molar-refractivity contribution is 5.81. The summed E-state index contributed by atoms with van der Waals surface area (Å²) >= 11 is 0. The highest BCUT2D eigenvalue weighted by Crippen LogP contribution is 2.50. The summed E-state index contributed by atoms with van der Waals surface area (Å²) in [5, 5.41) is 0. The van der Waals surface area contributed by atoms with Crippen LogP contribution in [-0.4, -0.2) is 73.2 Å². The van der Waals surface area contributed by atoms with Crippen molar-refractivity contribution in [2.45, 2.75) is 50.7 Å². The van der Waals surface area contributed by atoms with Crippen LogP contribution in [0.15, 0.2) is 0 Å². The molecule has 0 N–H and O–H groups in total. The van der Waals surface area contributed by atoms with Gasteiger partial charge in [0.25, 0.3) is 5.91 Å². The summed E-state index contributed by atoms with van der Waals surface area (Å²) < 4.78 is 11.1. The van der Waals surface area contributed by atoms with Crippen LogP contribution in [0, 0.1) is 5.41 Å². The van der Waals surface area contributed by atoms with Crippen molar-refractivity contribution in [1.29, 1.82) is 0 Å². The maximum Gasteiger partial charge on any atom is 0.312 e. The van der Waals surface area contributed by atoms with E-state index in [9.17, 15) is 9.59 Å². The van der Waals surface area contributed by atoms with Crippen LogP contribution >= 0.6 is 0 Å². The zero-order chi connectivity index (χ0) is 15.9. The van der Waals surface area contributed by atoms with Gasteiger partial charge in [-0.05, 0) is 25.7 Å². The molecule has 6 heteroatoms. The third-order valence-corrected chi connectivity index (χ3v) is 5.99. The fourth-order valence-electron chi connectivity index (χ4n) is 4.37. The first-order valence-electron chi connectivity index (χ1n) is 9.00. The second-order valence-corrected chi connectivity index (χ2v) is 7.49. The highest BCUT2D eigenvalue weighted by Gasteiger charge is 2.53. The van der Waals surface area contributed by atoms with E-state index < -0.39 is 0 Å². The molecule has 4 aliphatic rings. The van der Waals surface area contributed by atoms with Crippen LogP contribution in [-0.2, 0) is 19.1 Å². The second kappa shape index (κ2) is 6.06. The van der Waals surface area contributed by atoms with Gasteiger partial charge < -0.3 is 14.4 Å². The lowest BCUT2D eigenvalue weighted by atomic mass is 9.67. The van der Waals surface area contributed by atoms with Gasteiger partial charge in [0.15, 0.2) is 0 Å². The lowest BCUT2D eigenvalue weighted by molar-refractivity contribution is -0.152. The highest BCUT2D eigenvalue weighted by atomic mass is 16.6. The molecule has 3 aliphatic heterocycles. The molecule has 0 aromatic rings. The van der Waals surface area contributed by atoms with Crippen LogP contribution in [0.3, 0.4) is 0 Å². The summed E-state index contributed by atoms with van der Waals surface area (Å²) in [5.74, 6) is 0.184. The minimum Gasteiger partial charge on any atom is -0.461 e. The first-order valence-corrected chi connectivity index (χ1v) is 9.00. The van der Waals surface area contributed by atoms with E-state index >= 15 is 0 Å². The third kappa shape index (κ3) is 2.87. The molecule has 0 aromatic carbocycles. The molecule has 2 atom stereocenters. The van der Waals surface area contributed by atoms with Crippen molar-refractivity contribution in [2.24, 2.45) is 5.41 Å². The number of hydrogen-bond donors (Lipinski definition) is 0. The van der Waals surface area contributed by atoms with Gasteiger partial charge in [0.1, 0.15) is 12.2 Å². The smallest absolute Gasteiger partial charge is 0.312 e. The number of cyclic esters (lactones) is 1. The van der Waals surface area contributed by atoms with Gasteiger partial charge in [0, 0.05) is 45.8 Å². The first-order chi connectivity index (χ1) is 11.2. The Balaban J connectivity index is 1.24. The fourth-order valence-corrected chi connectivity index (χ4v) is 4.37. The predicted octanol–water partition coefficient (Wildman–Crippen LogP) is 0.795. The average molecular weight is 322 g/mol. The molecular weight excluding hydrogens is 296 g/mol. The number of carbonyl (C=O) groups is 2. The van der Waals surface area contributed by atoms with Gasteiger partial charge >= 0.3 is 5.97 Å². The minimum absolute atomic E-state index is 0.0287. The molecule has 4 fully saturated rings.